The van der Waals surface area contributed by atoms with E-state index < -0.39 is 0 Å². The van der Waals surface area contributed by atoms with Gasteiger partial charge in [0.2, 0.25) is 11.3 Å². The van der Waals surface area contributed by atoms with Crippen LogP contribution in [0.5, 0.6) is 0 Å². The van der Waals surface area contributed by atoms with E-state index in [0.29, 0.717) is 23.0 Å². The van der Waals surface area contributed by atoms with Crippen molar-refractivity contribution in [1.29, 1.82) is 0 Å². The first-order valence-electron chi connectivity index (χ1n) is 12.0. The molecular formula is C26H38N2O3. The van der Waals surface area contributed by atoms with Gasteiger partial charge in [0.15, 0.2) is 0 Å². The summed E-state index contributed by atoms with van der Waals surface area (Å²) < 4.78 is 5.43. The summed E-state index contributed by atoms with van der Waals surface area (Å²) in [6, 6.07) is 7.06. The van der Waals surface area contributed by atoms with Crippen LogP contribution in [0.4, 0.5) is 0 Å². The Bertz CT molecular complexity index is 857. The second kappa shape index (κ2) is 15.4. The molecule has 1 N–H and O–H groups in total. The molecule has 0 atom stereocenters. The number of carbonyl (C=O) groups is 1. The Morgan fingerprint density at radius 1 is 0.903 bits per heavy atom. The Hall–Kier alpha value is -2.43. The van der Waals surface area contributed by atoms with Crippen LogP contribution in [-0.4, -0.2) is 12.1 Å². The summed E-state index contributed by atoms with van der Waals surface area (Å²) in [7, 11) is 0. The van der Waals surface area contributed by atoms with Crippen molar-refractivity contribution in [2.24, 2.45) is 5.10 Å². The highest BCUT2D eigenvalue weighted by Gasteiger charge is 2.05. The Morgan fingerprint density at radius 3 is 2.13 bits per heavy atom. The fourth-order valence-electron chi connectivity index (χ4n) is 3.72. The van der Waals surface area contributed by atoms with Crippen molar-refractivity contribution in [3.05, 3.63) is 46.3 Å². The lowest BCUT2D eigenvalue weighted by Gasteiger charge is -2.03. The first kappa shape index (κ1) is 24.8. The van der Waals surface area contributed by atoms with Crippen molar-refractivity contribution in [2.45, 2.75) is 96.8 Å². The second-order valence-corrected chi connectivity index (χ2v) is 8.30. The van der Waals surface area contributed by atoms with Crippen LogP contribution in [0.2, 0.25) is 0 Å². The highest BCUT2D eigenvalue weighted by molar-refractivity contribution is 5.87. The zero-order chi connectivity index (χ0) is 22.2. The van der Waals surface area contributed by atoms with E-state index in [1.807, 2.05) is 6.07 Å². The van der Waals surface area contributed by atoms with E-state index in [9.17, 15) is 9.59 Å². The normalized spacial score (nSPS) is 11.4. The number of rotatable bonds is 16. The van der Waals surface area contributed by atoms with Crippen LogP contribution in [0.1, 0.15) is 102 Å². The molecule has 0 saturated carbocycles. The van der Waals surface area contributed by atoms with Gasteiger partial charge in [0.25, 0.3) is 0 Å². The van der Waals surface area contributed by atoms with Crippen molar-refractivity contribution in [2.75, 3.05) is 0 Å². The van der Waals surface area contributed by atoms with Crippen LogP contribution in [0.25, 0.3) is 11.0 Å². The van der Waals surface area contributed by atoms with Crippen LogP contribution >= 0.6 is 0 Å². The first-order valence-corrected chi connectivity index (χ1v) is 12.0. The van der Waals surface area contributed by atoms with Gasteiger partial charge < -0.3 is 4.42 Å². The van der Waals surface area contributed by atoms with Gasteiger partial charge in [0, 0.05) is 6.42 Å². The van der Waals surface area contributed by atoms with E-state index in [4.69, 9.17) is 4.42 Å². The molecule has 1 heterocycles. The van der Waals surface area contributed by atoms with Crippen LogP contribution in [-0.2, 0) is 4.79 Å². The van der Waals surface area contributed by atoms with Crippen molar-refractivity contribution in [1.82, 2.24) is 5.43 Å². The molecule has 1 aromatic heterocycles. The molecule has 1 amide bonds. The van der Waals surface area contributed by atoms with Gasteiger partial charge in [-0.05, 0) is 18.6 Å². The summed E-state index contributed by atoms with van der Waals surface area (Å²) in [6.07, 6.45) is 19.8. The fourth-order valence-corrected chi connectivity index (χ4v) is 3.72. The smallest absolute Gasteiger partial charge is 0.240 e. The summed E-state index contributed by atoms with van der Waals surface area (Å²) in [6.45, 7) is 2.26. The fraction of sp³-hybridized carbons (Fsp3) is 0.577. The van der Waals surface area contributed by atoms with Gasteiger partial charge in [-0.2, -0.15) is 5.10 Å². The lowest BCUT2D eigenvalue weighted by atomic mass is 10.0. The van der Waals surface area contributed by atoms with Crippen LogP contribution in [0, 0.1) is 0 Å². The summed E-state index contributed by atoms with van der Waals surface area (Å²) in [5.74, 6) is -0.121. The number of para-hydroxylation sites is 1. The molecule has 5 heteroatoms. The lowest BCUT2D eigenvalue weighted by Crippen LogP contribution is -2.18. The first-order chi connectivity index (χ1) is 15.2. The Labute approximate surface area is 186 Å². The van der Waals surface area contributed by atoms with Crippen molar-refractivity contribution < 1.29 is 9.21 Å². The molecule has 0 aliphatic rings. The minimum atomic E-state index is -0.156. The lowest BCUT2D eigenvalue weighted by molar-refractivity contribution is -0.121. The number of fused-ring (bicyclic) bond motifs is 1. The molecule has 2 aromatic rings. The maximum absolute atomic E-state index is 12.3. The number of nitrogens with one attached hydrogen (secondary N) is 1. The highest BCUT2D eigenvalue weighted by atomic mass is 16.3. The Kier molecular flexibility index (Phi) is 12.3. The summed E-state index contributed by atoms with van der Waals surface area (Å²) in [5.41, 5.74) is 3.20. The average molecular weight is 427 g/mol. The van der Waals surface area contributed by atoms with Gasteiger partial charge in [-0.1, -0.05) is 96.1 Å². The van der Waals surface area contributed by atoms with Gasteiger partial charge >= 0.3 is 0 Å². The molecule has 31 heavy (non-hydrogen) atoms. The highest BCUT2D eigenvalue weighted by Crippen LogP contribution is 2.13. The minimum Gasteiger partial charge on any atom is -0.463 e. The van der Waals surface area contributed by atoms with Gasteiger partial charge in [-0.15, -0.1) is 0 Å². The topological polar surface area (TPSA) is 71.7 Å². The Balaban J connectivity index is 1.49. The standard InChI is InChI=1S/C26H38N2O3/c1-2-3-4-5-6-7-8-9-10-11-12-13-14-19-25(29)28-27-20-22-21-31-24-18-16-15-17-23(24)26(22)30/h15-18,20-21H,2-14,19H2,1H3,(H,28,29)/b27-20-. The summed E-state index contributed by atoms with van der Waals surface area (Å²) >= 11 is 0. The predicted molar refractivity (Wildman–Crippen MR) is 129 cm³/mol. The third kappa shape index (κ3) is 9.95. The zero-order valence-corrected chi connectivity index (χ0v) is 19.0. The number of nitrogens with zero attached hydrogens (tertiary/aromatic N) is 1. The second-order valence-electron chi connectivity index (χ2n) is 8.30. The predicted octanol–water partition coefficient (Wildman–Crippen LogP) is 6.72. The zero-order valence-electron chi connectivity index (χ0n) is 19.0. The third-order valence-corrected chi connectivity index (χ3v) is 5.61. The van der Waals surface area contributed by atoms with Gasteiger partial charge in [-0.25, -0.2) is 5.43 Å². The van der Waals surface area contributed by atoms with Crippen LogP contribution in [0.3, 0.4) is 0 Å². The number of hydrogen-bond donors (Lipinski definition) is 1. The molecule has 0 unspecified atom stereocenters. The van der Waals surface area contributed by atoms with Crippen molar-refractivity contribution >= 4 is 23.1 Å². The van der Waals surface area contributed by atoms with E-state index in [2.05, 4.69) is 17.5 Å². The largest absolute Gasteiger partial charge is 0.463 e. The molecule has 2 rings (SSSR count). The van der Waals surface area contributed by atoms with Crippen LogP contribution < -0.4 is 10.9 Å². The Morgan fingerprint density at radius 2 is 1.48 bits per heavy atom. The molecule has 5 nitrogen and oxygen atoms in total. The maximum atomic E-state index is 12.3. The van der Waals surface area contributed by atoms with Crippen LogP contribution in [0.15, 0.2) is 44.8 Å². The molecule has 1 aromatic carbocycles. The molecular weight excluding hydrogens is 388 g/mol. The van der Waals surface area contributed by atoms with E-state index in [1.54, 1.807) is 18.2 Å². The molecule has 0 aliphatic heterocycles. The molecule has 0 spiro atoms. The van der Waals surface area contributed by atoms with Gasteiger partial charge in [-0.3, -0.25) is 9.59 Å². The third-order valence-electron chi connectivity index (χ3n) is 5.61. The average Bonchev–Trinajstić information content (AvgIpc) is 2.78. The number of hydrazone groups is 1. The number of unbranched alkanes of at least 4 members (excludes halogenated alkanes) is 12. The number of amides is 1. The van der Waals surface area contributed by atoms with Gasteiger partial charge in [0.05, 0.1) is 17.2 Å². The van der Waals surface area contributed by atoms with Crippen molar-refractivity contribution in [3.63, 3.8) is 0 Å². The SMILES string of the molecule is CCCCCCCCCCCCCCCC(=O)N/N=C\c1coc2ccccc2c1=O. The summed E-state index contributed by atoms with van der Waals surface area (Å²) in [4.78, 5) is 24.3. The summed E-state index contributed by atoms with van der Waals surface area (Å²) in [5, 5.41) is 4.41. The molecule has 0 saturated heterocycles. The number of hydrogen-bond acceptors (Lipinski definition) is 4. The van der Waals surface area contributed by atoms with E-state index in [1.165, 1.54) is 83.1 Å². The molecule has 0 bridgehead atoms. The molecule has 0 radical (unpaired) electrons. The van der Waals surface area contributed by atoms with E-state index in [0.717, 1.165) is 12.8 Å². The quantitative estimate of drug-likeness (QED) is 0.184. The maximum Gasteiger partial charge on any atom is 0.240 e. The minimum absolute atomic E-state index is 0.121. The van der Waals surface area contributed by atoms with Crippen molar-refractivity contribution in [3.8, 4) is 0 Å². The van der Waals surface area contributed by atoms with Gasteiger partial charge in [0.1, 0.15) is 11.8 Å². The molecule has 0 aliphatic carbocycles. The molecule has 0 fully saturated rings. The number of carbonyl (C=O) groups excluding carboxylic acids is 1. The number of benzene rings is 1. The van der Waals surface area contributed by atoms with E-state index in [-0.39, 0.29) is 11.3 Å². The van der Waals surface area contributed by atoms with E-state index >= 15 is 0 Å². The molecule has 170 valence electrons. The monoisotopic (exact) mass is 426 g/mol.